The molecule has 1 nitrogen and oxygen atoms in total. The molecule has 1 atom stereocenters. The summed E-state index contributed by atoms with van der Waals surface area (Å²) in [4.78, 5) is 0.931. The van der Waals surface area contributed by atoms with Crippen LogP contribution >= 0.6 is 23.4 Å². The van der Waals surface area contributed by atoms with E-state index in [1.165, 1.54) is 6.07 Å². The van der Waals surface area contributed by atoms with E-state index in [0.717, 1.165) is 34.4 Å². The topological polar surface area (TPSA) is 26.0 Å². The number of hydrogen-bond acceptors (Lipinski definition) is 2. The van der Waals surface area contributed by atoms with Gasteiger partial charge in [-0.15, -0.1) is 0 Å². The smallest absolute Gasteiger partial charge is 0.137 e. The van der Waals surface area contributed by atoms with Gasteiger partial charge in [-0.2, -0.15) is 0 Å². The average molecular weight is 314 g/mol. The number of halogens is 3. The molecule has 0 aliphatic heterocycles. The van der Waals surface area contributed by atoms with Crippen LogP contribution in [0.25, 0.3) is 0 Å². The Morgan fingerprint density at radius 1 is 1.25 bits per heavy atom. The van der Waals surface area contributed by atoms with E-state index < -0.39 is 11.6 Å². The van der Waals surface area contributed by atoms with Crippen molar-refractivity contribution in [2.45, 2.75) is 29.2 Å². The lowest BCUT2D eigenvalue weighted by Crippen LogP contribution is -2.18. The van der Waals surface area contributed by atoms with E-state index in [1.807, 2.05) is 19.1 Å². The van der Waals surface area contributed by atoms with Gasteiger partial charge < -0.3 is 5.73 Å². The van der Waals surface area contributed by atoms with Crippen molar-refractivity contribution in [3.63, 3.8) is 0 Å². The maximum atomic E-state index is 13.7. The van der Waals surface area contributed by atoms with E-state index in [-0.39, 0.29) is 10.9 Å². The quantitative estimate of drug-likeness (QED) is 0.888. The van der Waals surface area contributed by atoms with Gasteiger partial charge in [0.1, 0.15) is 11.6 Å². The zero-order valence-electron chi connectivity index (χ0n) is 10.9. The lowest BCUT2D eigenvalue weighted by molar-refractivity contribution is 0.577. The lowest BCUT2D eigenvalue weighted by atomic mass is 10.1. The first kappa shape index (κ1) is 15.3. The summed E-state index contributed by atoms with van der Waals surface area (Å²) in [5.74, 6) is -0.947. The minimum absolute atomic E-state index is 0.0369. The van der Waals surface area contributed by atoms with Crippen LogP contribution in [-0.2, 0) is 6.42 Å². The molecule has 0 fully saturated rings. The third kappa shape index (κ3) is 3.72. The molecule has 0 amide bonds. The number of benzene rings is 2. The minimum atomic E-state index is -0.477. The Labute approximate surface area is 126 Å². The first-order chi connectivity index (χ1) is 9.47. The molecule has 0 aliphatic rings. The molecule has 2 rings (SSSR count). The molecule has 0 bridgehead atoms. The van der Waals surface area contributed by atoms with Gasteiger partial charge in [-0.3, -0.25) is 0 Å². The Kier molecular flexibility index (Phi) is 5.02. The molecule has 1 unspecified atom stereocenters. The van der Waals surface area contributed by atoms with E-state index in [4.69, 9.17) is 17.3 Å². The van der Waals surface area contributed by atoms with Gasteiger partial charge >= 0.3 is 0 Å². The molecular weight excluding hydrogens is 300 g/mol. The van der Waals surface area contributed by atoms with Crippen LogP contribution in [0.4, 0.5) is 8.78 Å². The summed E-state index contributed by atoms with van der Waals surface area (Å²) in [6, 6.07) is 8.78. The fourth-order valence-corrected chi connectivity index (χ4v) is 3.16. The maximum Gasteiger partial charge on any atom is 0.137 e. The van der Waals surface area contributed by atoms with Crippen molar-refractivity contribution >= 4 is 23.4 Å². The summed E-state index contributed by atoms with van der Waals surface area (Å²) in [5.41, 5.74) is 6.74. The van der Waals surface area contributed by atoms with Crippen molar-refractivity contribution in [2.75, 3.05) is 0 Å². The highest BCUT2D eigenvalue weighted by Gasteiger charge is 2.13. The SMILES string of the molecule is CC(N)Cc1cccc(Cl)c1Sc1cc(F)ccc1F. The summed E-state index contributed by atoms with van der Waals surface area (Å²) in [6.07, 6.45) is 0.625. The second-order valence-electron chi connectivity index (χ2n) is 4.59. The summed E-state index contributed by atoms with van der Waals surface area (Å²) in [6.45, 7) is 1.89. The molecular formula is C15H14ClF2NS. The Morgan fingerprint density at radius 3 is 2.70 bits per heavy atom. The molecule has 0 radical (unpaired) electrons. The summed E-state index contributed by atoms with van der Waals surface area (Å²) < 4.78 is 27.0. The summed E-state index contributed by atoms with van der Waals surface area (Å²) in [7, 11) is 0. The van der Waals surface area contributed by atoms with E-state index in [2.05, 4.69) is 0 Å². The third-order valence-corrected chi connectivity index (χ3v) is 4.34. The van der Waals surface area contributed by atoms with Crippen molar-refractivity contribution in [1.29, 1.82) is 0 Å². The fraction of sp³-hybridized carbons (Fsp3) is 0.200. The van der Waals surface area contributed by atoms with Crippen LogP contribution < -0.4 is 5.73 Å². The predicted molar refractivity (Wildman–Crippen MR) is 79.3 cm³/mol. The Morgan fingerprint density at radius 2 is 2.00 bits per heavy atom. The summed E-state index contributed by atoms with van der Waals surface area (Å²) >= 11 is 7.30. The monoisotopic (exact) mass is 313 g/mol. The van der Waals surface area contributed by atoms with Gasteiger partial charge in [-0.05, 0) is 43.2 Å². The minimum Gasteiger partial charge on any atom is -0.328 e. The van der Waals surface area contributed by atoms with Crippen LogP contribution in [0.3, 0.4) is 0 Å². The fourth-order valence-electron chi connectivity index (χ4n) is 1.84. The highest BCUT2D eigenvalue weighted by atomic mass is 35.5. The molecule has 0 saturated carbocycles. The van der Waals surface area contributed by atoms with Gasteiger partial charge in [-0.25, -0.2) is 8.78 Å². The highest BCUT2D eigenvalue weighted by Crippen LogP contribution is 2.37. The zero-order chi connectivity index (χ0) is 14.7. The van der Waals surface area contributed by atoms with E-state index in [1.54, 1.807) is 6.07 Å². The molecule has 0 aromatic heterocycles. The van der Waals surface area contributed by atoms with Crippen molar-refractivity contribution in [3.8, 4) is 0 Å². The first-order valence-corrected chi connectivity index (χ1v) is 7.32. The van der Waals surface area contributed by atoms with Gasteiger partial charge in [0.15, 0.2) is 0 Å². The molecule has 2 aromatic rings. The molecule has 0 spiro atoms. The molecule has 2 N–H and O–H groups in total. The second-order valence-corrected chi connectivity index (χ2v) is 6.05. The van der Waals surface area contributed by atoms with Crippen molar-refractivity contribution in [3.05, 3.63) is 58.6 Å². The van der Waals surface area contributed by atoms with Crippen molar-refractivity contribution < 1.29 is 8.78 Å². The lowest BCUT2D eigenvalue weighted by Gasteiger charge is -2.13. The summed E-state index contributed by atoms with van der Waals surface area (Å²) in [5, 5.41) is 0.511. The highest BCUT2D eigenvalue weighted by molar-refractivity contribution is 7.99. The van der Waals surface area contributed by atoms with Gasteiger partial charge in [0.05, 0.1) is 9.92 Å². The van der Waals surface area contributed by atoms with Crippen LogP contribution in [0.1, 0.15) is 12.5 Å². The van der Waals surface area contributed by atoms with Crippen LogP contribution in [0.15, 0.2) is 46.2 Å². The molecule has 20 heavy (non-hydrogen) atoms. The maximum absolute atomic E-state index is 13.7. The number of nitrogens with two attached hydrogens (primary N) is 1. The first-order valence-electron chi connectivity index (χ1n) is 6.13. The Hall–Kier alpha value is -1.10. The van der Waals surface area contributed by atoms with E-state index >= 15 is 0 Å². The second kappa shape index (κ2) is 6.57. The largest absolute Gasteiger partial charge is 0.328 e. The van der Waals surface area contributed by atoms with Crippen LogP contribution in [-0.4, -0.2) is 6.04 Å². The van der Waals surface area contributed by atoms with Gasteiger partial charge in [0, 0.05) is 10.9 Å². The van der Waals surface area contributed by atoms with E-state index in [0.29, 0.717) is 11.4 Å². The van der Waals surface area contributed by atoms with Crippen LogP contribution in [0, 0.1) is 11.6 Å². The predicted octanol–water partition coefficient (Wildman–Crippen LogP) is 4.66. The molecule has 5 heteroatoms. The standard InChI is InChI=1S/C15H14ClF2NS/c1-9(19)7-10-3-2-4-12(16)15(10)20-14-8-11(17)5-6-13(14)18/h2-6,8-9H,7,19H2,1H3. The molecule has 0 aliphatic carbocycles. The molecule has 0 saturated heterocycles. The Balaban J connectivity index is 2.39. The molecule has 0 heterocycles. The zero-order valence-corrected chi connectivity index (χ0v) is 12.4. The van der Waals surface area contributed by atoms with Crippen molar-refractivity contribution in [1.82, 2.24) is 0 Å². The van der Waals surface area contributed by atoms with Gasteiger partial charge in [-0.1, -0.05) is 35.5 Å². The third-order valence-electron chi connectivity index (χ3n) is 2.70. The van der Waals surface area contributed by atoms with Crippen molar-refractivity contribution in [2.24, 2.45) is 5.73 Å². The van der Waals surface area contributed by atoms with Crippen LogP contribution in [0.5, 0.6) is 0 Å². The molecule has 106 valence electrons. The van der Waals surface area contributed by atoms with Gasteiger partial charge in [0.2, 0.25) is 0 Å². The molecule has 2 aromatic carbocycles. The Bertz CT molecular complexity index is 617. The average Bonchev–Trinajstić information content (AvgIpc) is 2.37. The van der Waals surface area contributed by atoms with E-state index in [9.17, 15) is 8.78 Å². The number of hydrogen-bond donors (Lipinski definition) is 1. The normalized spacial score (nSPS) is 12.4. The van der Waals surface area contributed by atoms with Crippen LogP contribution in [0.2, 0.25) is 5.02 Å². The number of rotatable bonds is 4. The van der Waals surface area contributed by atoms with Gasteiger partial charge in [0.25, 0.3) is 0 Å².